The first-order valence-corrected chi connectivity index (χ1v) is 5.52. The molecule has 1 fully saturated rings. The van der Waals surface area contributed by atoms with Crippen LogP contribution in [0.1, 0.15) is 24.0 Å². The molecule has 0 unspecified atom stereocenters. The van der Waals surface area contributed by atoms with Gasteiger partial charge in [0.2, 0.25) is 0 Å². The molecule has 1 aliphatic rings. The normalized spacial score (nSPS) is 17.1. The van der Waals surface area contributed by atoms with Crippen molar-refractivity contribution in [3.05, 3.63) is 29.3 Å². The van der Waals surface area contributed by atoms with E-state index in [4.69, 9.17) is 6.42 Å². The van der Waals surface area contributed by atoms with Crippen LogP contribution in [-0.2, 0) is 12.0 Å². The molecule has 0 aliphatic heterocycles. The van der Waals surface area contributed by atoms with Crippen molar-refractivity contribution in [2.24, 2.45) is 0 Å². The highest BCUT2D eigenvalue weighted by molar-refractivity contribution is 5.46. The molecular formula is C14H17NO. The Balaban J connectivity index is 2.33. The molecule has 0 saturated heterocycles. The highest BCUT2D eigenvalue weighted by Gasteiger charge is 2.42. The zero-order valence-electron chi connectivity index (χ0n) is 9.83. The lowest BCUT2D eigenvalue weighted by Gasteiger charge is -2.15. The lowest BCUT2D eigenvalue weighted by atomic mass is 9.95. The van der Waals surface area contributed by atoms with Gasteiger partial charge in [0.05, 0.1) is 5.41 Å². The van der Waals surface area contributed by atoms with Gasteiger partial charge in [0, 0.05) is 12.1 Å². The maximum Gasteiger partial charge on any atom is 0.120 e. The van der Waals surface area contributed by atoms with Gasteiger partial charge in [-0.2, -0.15) is 0 Å². The van der Waals surface area contributed by atoms with E-state index in [2.05, 4.69) is 5.92 Å². The summed E-state index contributed by atoms with van der Waals surface area (Å²) < 4.78 is 0. The van der Waals surface area contributed by atoms with Gasteiger partial charge >= 0.3 is 0 Å². The Morgan fingerprint density at radius 2 is 2.12 bits per heavy atom. The van der Waals surface area contributed by atoms with Crippen molar-refractivity contribution in [2.45, 2.75) is 24.8 Å². The summed E-state index contributed by atoms with van der Waals surface area (Å²) in [5.41, 5.74) is 2.07. The Morgan fingerprint density at radius 1 is 1.44 bits per heavy atom. The second-order valence-electron chi connectivity index (χ2n) is 4.81. The molecule has 84 valence electrons. The number of phenols is 1. The lowest BCUT2D eigenvalue weighted by molar-refractivity contribution is 0.385. The van der Waals surface area contributed by atoms with E-state index >= 15 is 0 Å². The van der Waals surface area contributed by atoms with E-state index in [-0.39, 0.29) is 5.41 Å². The molecule has 1 aromatic carbocycles. The number of rotatable bonds is 3. The van der Waals surface area contributed by atoms with E-state index in [1.807, 2.05) is 31.1 Å². The molecule has 0 spiro atoms. The fourth-order valence-electron chi connectivity index (χ4n) is 1.99. The Bertz CT molecular complexity index is 439. The minimum atomic E-state index is -0.0469. The monoisotopic (exact) mass is 215 g/mol. The molecule has 1 aliphatic carbocycles. The fourth-order valence-corrected chi connectivity index (χ4v) is 1.99. The standard InChI is InChI=1S/C14H17NO/c1-4-14(7-8-14)12-5-6-13(16)11(9-12)10-15(2)3/h1,5-6,9,16H,7-8,10H2,2-3H3. The maximum absolute atomic E-state index is 9.76. The lowest BCUT2D eigenvalue weighted by Crippen LogP contribution is -2.12. The number of hydrogen-bond donors (Lipinski definition) is 1. The molecule has 0 atom stereocenters. The van der Waals surface area contributed by atoms with E-state index in [0.29, 0.717) is 5.75 Å². The average molecular weight is 215 g/mol. The van der Waals surface area contributed by atoms with Crippen LogP contribution in [-0.4, -0.2) is 24.1 Å². The summed E-state index contributed by atoms with van der Waals surface area (Å²) in [5, 5.41) is 9.76. The van der Waals surface area contributed by atoms with Crippen molar-refractivity contribution in [1.82, 2.24) is 4.90 Å². The molecule has 0 bridgehead atoms. The van der Waals surface area contributed by atoms with E-state index in [9.17, 15) is 5.11 Å². The van der Waals surface area contributed by atoms with Gasteiger partial charge in [-0.3, -0.25) is 0 Å². The summed E-state index contributed by atoms with van der Waals surface area (Å²) in [6.45, 7) is 0.736. The van der Waals surface area contributed by atoms with E-state index in [1.54, 1.807) is 6.07 Å². The Morgan fingerprint density at radius 3 is 2.62 bits per heavy atom. The minimum Gasteiger partial charge on any atom is -0.508 e. The molecule has 1 aromatic rings. The van der Waals surface area contributed by atoms with Crippen LogP contribution in [0, 0.1) is 12.3 Å². The predicted molar refractivity (Wildman–Crippen MR) is 65.2 cm³/mol. The van der Waals surface area contributed by atoms with Gasteiger partial charge in [0.15, 0.2) is 0 Å². The molecule has 0 aromatic heterocycles. The molecule has 2 heteroatoms. The zero-order valence-corrected chi connectivity index (χ0v) is 9.83. The SMILES string of the molecule is C#CC1(c2ccc(O)c(CN(C)C)c2)CC1. The number of phenolic OH excluding ortho intramolecular Hbond substituents is 1. The molecule has 0 amide bonds. The van der Waals surface area contributed by atoms with Crippen LogP contribution in [0.15, 0.2) is 18.2 Å². The first kappa shape index (κ1) is 11.0. The largest absolute Gasteiger partial charge is 0.508 e. The van der Waals surface area contributed by atoms with Crippen LogP contribution in [0.4, 0.5) is 0 Å². The first-order valence-electron chi connectivity index (χ1n) is 5.52. The van der Waals surface area contributed by atoms with E-state index in [1.165, 1.54) is 5.56 Å². The fraction of sp³-hybridized carbons (Fsp3) is 0.429. The molecule has 1 saturated carbocycles. The van der Waals surface area contributed by atoms with Gasteiger partial charge in [-0.1, -0.05) is 12.0 Å². The average Bonchev–Trinajstić information content (AvgIpc) is 3.01. The summed E-state index contributed by atoms with van der Waals surface area (Å²) >= 11 is 0. The van der Waals surface area contributed by atoms with Gasteiger partial charge in [-0.25, -0.2) is 0 Å². The van der Waals surface area contributed by atoms with Gasteiger partial charge in [0.1, 0.15) is 5.75 Å². The Labute approximate surface area is 96.9 Å². The Hall–Kier alpha value is -1.46. The van der Waals surface area contributed by atoms with Crippen LogP contribution in [0.5, 0.6) is 5.75 Å². The topological polar surface area (TPSA) is 23.5 Å². The van der Waals surface area contributed by atoms with Crippen molar-refractivity contribution in [3.63, 3.8) is 0 Å². The molecular weight excluding hydrogens is 198 g/mol. The summed E-state index contributed by atoms with van der Waals surface area (Å²) in [4.78, 5) is 2.04. The van der Waals surface area contributed by atoms with Crippen molar-refractivity contribution >= 4 is 0 Å². The molecule has 0 heterocycles. The molecule has 2 rings (SSSR count). The third-order valence-corrected chi connectivity index (χ3v) is 3.14. The van der Waals surface area contributed by atoms with Crippen molar-refractivity contribution in [2.75, 3.05) is 14.1 Å². The summed E-state index contributed by atoms with van der Waals surface area (Å²) in [6, 6.07) is 5.75. The summed E-state index contributed by atoms with van der Waals surface area (Å²) in [6.07, 6.45) is 7.70. The van der Waals surface area contributed by atoms with Crippen LogP contribution >= 0.6 is 0 Å². The number of hydrogen-bond acceptors (Lipinski definition) is 2. The molecule has 16 heavy (non-hydrogen) atoms. The van der Waals surface area contributed by atoms with Crippen LogP contribution in [0.25, 0.3) is 0 Å². The first-order chi connectivity index (χ1) is 7.57. The van der Waals surface area contributed by atoms with Gasteiger partial charge < -0.3 is 10.0 Å². The van der Waals surface area contributed by atoms with E-state index < -0.39 is 0 Å². The summed E-state index contributed by atoms with van der Waals surface area (Å²) in [5.74, 6) is 3.23. The molecule has 1 N–H and O–H groups in total. The number of terminal acetylenes is 1. The van der Waals surface area contributed by atoms with Crippen molar-refractivity contribution in [3.8, 4) is 18.1 Å². The van der Waals surface area contributed by atoms with Gasteiger partial charge in [-0.15, -0.1) is 6.42 Å². The third kappa shape index (κ3) is 1.91. The minimum absolute atomic E-state index is 0.0469. The van der Waals surface area contributed by atoms with Gasteiger partial charge in [0.25, 0.3) is 0 Å². The van der Waals surface area contributed by atoms with Crippen LogP contribution in [0.3, 0.4) is 0 Å². The second kappa shape index (κ2) is 3.84. The van der Waals surface area contributed by atoms with Crippen molar-refractivity contribution in [1.29, 1.82) is 0 Å². The number of aromatic hydroxyl groups is 1. The smallest absolute Gasteiger partial charge is 0.120 e. The summed E-state index contributed by atoms with van der Waals surface area (Å²) in [7, 11) is 3.97. The second-order valence-corrected chi connectivity index (χ2v) is 4.81. The highest BCUT2D eigenvalue weighted by Crippen LogP contribution is 2.48. The van der Waals surface area contributed by atoms with E-state index in [0.717, 1.165) is 24.9 Å². The Kier molecular flexibility index (Phi) is 2.65. The van der Waals surface area contributed by atoms with Crippen molar-refractivity contribution < 1.29 is 5.11 Å². The van der Waals surface area contributed by atoms with Crippen LogP contribution < -0.4 is 0 Å². The third-order valence-electron chi connectivity index (χ3n) is 3.14. The zero-order chi connectivity index (χ0) is 11.8. The predicted octanol–water partition coefficient (Wildman–Crippen LogP) is 2.12. The quantitative estimate of drug-likeness (QED) is 0.781. The van der Waals surface area contributed by atoms with Gasteiger partial charge in [-0.05, 0) is 44.6 Å². The highest BCUT2D eigenvalue weighted by atomic mass is 16.3. The number of benzene rings is 1. The van der Waals surface area contributed by atoms with Crippen LogP contribution in [0.2, 0.25) is 0 Å². The molecule has 0 radical (unpaired) electrons. The maximum atomic E-state index is 9.76. The molecule has 2 nitrogen and oxygen atoms in total. The number of nitrogens with zero attached hydrogens (tertiary/aromatic N) is 1.